The lowest BCUT2D eigenvalue weighted by atomic mass is 10.0. The Labute approximate surface area is 108 Å². The van der Waals surface area contributed by atoms with E-state index in [0.29, 0.717) is 18.1 Å². The van der Waals surface area contributed by atoms with E-state index in [2.05, 4.69) is 34.5 Å². The number of nitrogen functional groups attached to an aromatic ring is 1. The number of likely N-dealkylation sites (N-methyl/N-ethyl adjacent to an activating group) is 1. The highest BCUT2D eigenvalue weighted by molar-refractivity contribution is 5.92. The van der Waals surface area contributed by atoms with E-state index in [1.165, 1.54) is 0 Å². The summed E-state index contributed by atoms with van der Waals surface area (Å²) >= 11 is 0. The van der Waals surface area contributed by atoms with Crippen LogP contribution >= 0.6 is 0 Å². The number of carbonyl (C=O) groups is 1. The summed E-state index contributed by atoms with van der Waals surface area (Å²) in [6, 6.07) is 5.08. The van der Waals surface area contributed by atoms with Crippen LogP contribution in [0, 0.1) is 0 Å². The number of amides is 1. The summed E-state index contributed by atoms with van der Waals surface area (Å²) in [6.07, 6.45) is 0. The second kappa shape index (κ2) is 5.79. The van der Waals surface area contributed by atoms with Gasteiger partial charge in [-0.15, -0.1) is 0 Å². The van der Waals surface area contributed by atoms with Crippen LogP contribution in [0.25, 0.3) is 0 Å². The summed E-state index contributed by atoms with van der Waals surface area (Å²) in [5, 5.41) is 2.86. The van der Waals surface area contributed by atoms with Crippen LogP contribution in [0.5, 0.6) is 0 Å². The molecule has 18 heavy (non-hydrogen) atoms. The predicted octanol–water partition coefficient (Wildman–Crippen LogP) is 0.437. The SMILES string of the molecule is CN(C)C(C)(C)CNC(=O)c1cccc(NN)n1. The molecule has 0 atom stereocenters. The zero-order valence-electron chi connectivity index (χ0n) is 11.3. The molecule has 0 aliphatic heterocycles. The Kier molecular flexibility index (Phi) is 4.63. The molecular weight excluding hydrogens is 230 g/mol. The Bertz CT molecular complexity index is 417. The minimum absolute atomic E-state index is 0.112. The van der Waals surface area contributed by atoms with Crippen molar-refractivity contribution in [3.63, 3.8) is 0 Å². The molecule has 1 heterocycles. The van der Waals surface area contributed by atoms with Crippen LogP contribution in [0.15, 0.2) is 18.2 Å². The number of aromatic nitrogens is 1. The second-order valence-electron chi connectivity index (χ2n) is 4.94. The van der Waals surface area contributed by atoms with Crippen molar-refractivity contribution >= 4 is 11.7 Å². The molecule has 1 rings (SSSR count). The molecule has 0 fully saturated rings. The van der Waals surface area contributed by atoms with Crippen LogP contribution in [0.2, 0.25) is 0 Å². The van der Waals surface area contributed by atoms with Crippen molar-refractivity contribution in [2.24, 2.45) is 5.84 Å². The lowest BCUT2D eigenvalue weighted by Crippen LogP contribution is -2.48. The van der Waals surface area contributed by atoms with Gasteiger partial charge in [-0.2, -0.15) is 0 Å². The fourth-order valence-corrected chi connectivity index (χ4v) is 1.19. The molecule has 0 radical (unpaired) electrons. The summed E-state index contributed by atoms with van der Waals surface area (Å²) in [4.78, 5) is 18.1. The third-order valence-electron chi connectivity index (χ3n) is 3.02. The molecule has 0 spiro atoms. The first kappa shape index (κ1) is 14.4. The first-order chi connectivity index (χ1) is 8.36. The second-order valence-corrected chi connectivity index (χ2v) is 4.94. The average molecular weight is 251 g/mol. The lowest BCUT2D eigenvalue weighted by molar-refractivity contribution is 0.0915. The van der Waals surface area contributed by atoms with Crippen molar-refractivity contribution in [2.45, 2.75) is 19.4 Å². The zero-order valence-corrected chi connectivity index (χ0v) is 11.3. The minimum Gasteiger partial charge on any atom is -0.349 e. The highest BCUT2D eigenvalue weighted by atomic mass is 16.1. The monoisotopic (exact) mass is 251 g/mol. The number of hydrazine groups is 1. The first-order valence-corrected chi connectivity index (χ1v) is 5.76. The molecule has 1 amide bonds. The van der Waals surface area contributed by atoms with Crippen molar-refractivity contribution in [1.82, 2.24) is 15.2 Å². The van der Waals surface area contributed by atoms with Gasteiger partial charge in [-0.25, -0.2) is 10.8 Å². The molecule has 0 aliphatic carbocycles. The summed E-state index contributed by atoms with van der Waals surface area (Å²) < 4.78 is 0. The fourth-order valence-electron chi connectivity index (χ4n) is 1.19. The third kappa shape index (κ3) is 3.68. The first-order valence-electron chi connectivity index (χ1n) is 5.76. The van der Waals surface area contributed by atoms with Crippen LogP contribution in [-0.2, 0) is 0 Å². The van der Waals surface area contributed by atoms with Crippen LogP contribution in [0.3, 0.4) is 0 Å². The molecule has 0 unspecified atom stereocenters. The highest BCUT2D eigenvalue weighted by Gasteiger charge is 2.21. The smallest absolute Gasteiger partial charge is 0.270 e. The number of pyridine rings is 1. The van der Waals surface area contributed by atoms with Crippen molar-refractivity contribution < 1.29 is 4.79 Å². The van der Waals surface area contributed by atoms with Gasteiger partial charge in [0.25, 0.3) is 5.91 Å². The number of anilines is 1. The van der Waals surface area contributed by atoms with Crippen LogP contribution < -0.4 is 16.6 Å². The number of carbonyl (C=O) groups excluding carboxylic acids is 1. The Morgan fingerprint density at radius 2 is 2.11 bits per heavy atom. The molecule has 0 bridgehead atoms. The number of hydrogen-bond acceptors (Lipinski definition) is 5. The van der Waals surface area contributed by atoms with Crippen molar-refractivity contribution in [3.05, 3.63) is 23.9 Å². The Morgan fingerprint density at radius 1 is 1.44 bits per heavy atom. The standard InChI is InChI=1S/C12H21N5O/c1-12(2,17(3)4)8-14-11(18)9-6-5-7-10(15-9)16-13/h5-7H,8,13H2,1-4H3,(H,14,18)(H,15,16). The summed E-state index contributed by atoms with van der Waals surface area (Å²) in [5.74, 6) is 5.51. The number of nitrogens with two attached hydrogens (primary N) is 1. The average Bonchev–Trinajstić information content (AvgIpc) is 2.36. The van der Waals surface area contributed by atoms with E-state index >= 15 is 0 Å². The van der Waals surface area contributed by atoms with Gasteiger partial charge in [-0.1, -0.05) is 6.07 Å². The van der Waals surface area contributed by atoms with E-state index in [0.717, 1.165) is 0 Å². The number of nitrogens with one attached hydrogen (secondary N) is 2. The van der Waals surface area contributed by atoms with Gasteiger partial charge in [0.1, 0.15) is 11.5 Å². The van der Waals surface area contributed by atoms with E-state index in [9.17, 15) is 4.79 Å². The zero-order chi connectivity index (χ0) is 13.8. The molecule has 0 saturated carbocycles. The lowest BCUT2D eigenvalue weighted by Gasteiger charge is -2.32. The molecular formula is C12H21N5O. The third-order valence-corrected chi connectivity index (χ3v) is 3.02. The van der Waals surface area contributed by atoms with Gasteiger partial charge < -0.3 is 15.6 Å². The van der Waals surface area contributed by atoms with E-state index in [1.54, 1.807) is 18.2 Å². The molecule has 6 heteroatoms. The summed E-state index contributed by atoms with van der Waals surface area (Å²) in [5.41, 5.74) is 2.65. The van der Waals surface area contributed by atoms with Gasteiger partial charge in [0.15, 0.2) is 0 Å². The topological polar surface area (TPSA) is 83.3 Å². The minimum atomic E-state index is -0.206. The largest absolute Gasteiger partial charge is 0.349 e. The number of rotatable bonds is 5. The predicted molar refractivity (Wildman–Crippen MR) is 72.1 cm³/mol. The normalized spacial score (nSPS) is 11.4. The molecule has 0 saturated heterocycles. The molecule has 0 aromatic carbocycles. The van der Waals surface area contributed by atoms with Crippen molar-refractivity contribution in [1.29, 1.82) is 0 Å². The van der Waals surface area contributed by atoms with Gasteiger partial charge in [-0.05, 0) is 40.1 Å². The number of nitrogens with zero attached hydrogens (tertiary/aromatic N) is 2. The van der Waals surface area contributed by atoms with Crippen molar-refractivity contribution in [2.75, 3.05) is 26.1 Å². The van der Waals surface area contributed by atoms with E-state index < -0.39 is 0 Å². The summed E-state index contributed by atoms with van der Waals surface area (Å²) in [6.45, 7) is 4.65. The summed E-state index contributed by atoms with van der Waals surface area (Å²) in [7, 11) is 3.95. The molecule has 6 nitrogen and oxygen atoms in total. The molecule has 1 aromatic heterocycles. The number of hydrogen-bond donors (Lipinski definition) is 3. The Morgan fingerprint density at radius 3 is 2.67 bits per heavy atom. The van der Waals surface area contributed by atoms with E-state index in [4.69, 9.17) is 5.84 Å². The van der Waals surface area contributed by atoms with E-state index in [1.807, 2.05) is 14.1 Å². The molecule has 100 valence electrons. The van der Waals surface area contributed by atoms with E-state index in [-0.39, 0.29) is 11.4 Å². The molecule has 1 aromatic rings. The van der Waals surface area contributed by atoms with Crippen LogP contribution in [0.4, 0.5) is 5.82 Å². The Hall–Kier alpha value is -1.66. The molecule has 4 N–H and O–H groups in total. The van der Waals surface area contributed by atoms with Gasteiger partial charge in [0.05, 0.1) is 0 Å². The van der Waals surface area contributed by atoms with Crippen LogP contribution in [-0.4, -0.2) is 42.0 Å². The maximum absolute atomic E-state index is 11.9. The van der Waals surface area contributed by atoms with Gasteiger partial charge >= 0.3 is 0 Å². The maximum atomic E-state index is 11.9. The molecule has 0 aliphatic rings. The maximum Gasteiger partial charge on any atom is 0.270 e. The fraction of sp³-hybridized carbons (Fsp3) is 0.500. The highest BCUT2D eigenvalue weighted by Crippen LogP contribution is 2.08. The Balaban J connectivity index is 2.66. The quantitative estimate of drug-likeness (QED) is 0.522. The van der Waals surface area contributed by atoms with Gasteiger partial charge in [0, 0.05) is 12.1 Å². The van der Waals surface area contributed by atoms with Gasteiger partial charge in [-0.3, -0.25) is 4.79 Å². The van der Waals surface area contributed by atoms with Crippen LogP contribution in [0.1, 0.15) is 24.3 Å². The van der Waals surface area contributed by atoms with Crippen molar-refractivity contribution in [3.8, 4) is 0 Å². The van der Waals surface area contributed by atoms with Gasteiger partial charge in [0.2, 0.25) is 0 Å².